The Balaban J connectivity index is 1.81. The van der Waals surface area contributed by atoms with Gasteiger partial charge in [0.1, 0.15) is 5.82 Å². The third-order valence-corrected chi connectivity index (χ3v) is 4.58. The summed E-state index contributed by atoms with van der Waals surface area (Å²) in [6.07, 6.45) is -6.41. The van der Waals surface area contributed by atoms with Gasteiger partial charge in [-0.25, -0.2) is 4.39 Å². The fourth-order valence-electron chi connectivity index (χ4n) is 3.02. The lowest BCUT2D eigenvalue weighted by molar-refractivity contribution is -0.137. The Morgan fingerprint density at radius 3 is 2.25 bits per heavy atom. The molecule has 0 bridgehead atoms. The van der Waals surface area contributed by atoms with Crippen molar-refractivity contribution in [2.75, 3.05) is 16.8 Å². The molecule has 0 spiro atoms. The van der Waals surface area contributed by atoms with Crippen molar-refractivity contribution in [3.8, 4) is 6.07 Å². The third kappa shape index (κ3) is 5.42. The molecule has 0 radical (unpaired) electrons. The van der Waals surface area contributed by atoms with Crippen molar-refractivity contribution < 1.29 is 27.5 Å². The Labute approximate surface area is 181 Å². The Hall–Kier alpha value is -3.90. The number of aliphatic hydroxyl groups excluding tert-OH is 1. The van der Waals surface area contributed by atoms with E-state index in [2.05, 4.69) is 5.32 Å². The molecule has 2 N–H and O–H groups in total. The summed E-state index contributed by atoms with van der Waals surface area (Å²) in [5.41, 5.74) is -0.869. The smallest absolute Gasteiger partial charge is 0.381 e. The molecule has 3 rings (SSSR count). The molecular formula is C23H17F4N3O2. The molecule has 32 heavy (non-hydrogen) atoms. The average molecular weight is 443 g/mol. The van der Waals surface area contributed by atoms with Crippen molar-refractivity contribution in [3.63, 3.8) is 0 Å². The van der Waals surface area contributed by atoms with Crippen LogP contribution in [0.3, 0.4) is 0 Å². The maximum atomic E-state index is 13.3. The van der Waals surface area contributed by atoms with Crippen LogP contribution in [0.4, 0.5) is 34.6 Å². The minimum Gasteiger partial charge on any atom is -0.381 e. The van der Waals surface area contributed by atoms with E-state index in [0.29, 0.717) is 17.4 Å². The molecule has 0 saturated heterocycles. The lowest BCUT2D eigenvalue weighted by Gasteiger charge is -2.27. The highest BCUT2D eigenvalue weighted by Crippen LogP contribution is 2.33. The molecule has 0 saturated carbocycles. The van der Waals surface area contributed by atoms with E-state index >= 15 is 0 Å². The number of carbonyl (C=O) groups is 1. The molecule has 9 heteroatoms. The van der Waals surface area contributed by atoms with Crippen LogP contribution in [0.25, 0.3) is 0 Å². The summed E-state index contributed by atoms with van der Waals surface area (Å²) in [5, 5.41) is 21.6. The van der Waals surface area contributed by atoms with E-state index in [1.165, 1.54) is 30.3 Å². The van der Waals surface area contributed by atoms with Gasteiger partial charge in [-0.2, -0.15) is 18.4 Å². The zero-order valence-corrected chi connectivity index (χ0v) is 16.5. The van der Waals surface area contributed by atoms with Crippen molar-refractivity contribution in [1.29, 1.82) is 5.26 Å². The summed E-state index contributed by atoms with van der Waals surface area (Å²) in [4.78, 5) is 14.1. The van der Waals surface area contributed by atoms with Gasteiger partial charge >= 0.3 is 6.18 Å². The SMILES string of the molecule is N#Cc1ccc(NC(=O)[C@@H](O)CN(c2ccccc2)c2ccc(F)cc2)cc1C(F)(F)F. The Bertz CT molecular complexity index is 1130. The zero-order chi connectivity index (χ0) is 23.3. The van der Waals surface area contributed by atoms with Crippen LogP contribution in [0.5, 0.6) is 0 Å². The van der Waals surface area contributed by atoms with Gasteiger partial charge in [0.2, 0.25) is 0 Å². The number of benzene rings is 3. The molecule has 5 nitrogen and oxygen atoms in total. The minimum atomic E-state index is -4.78. The lowest BCUT2D eigenvalue weighted by Crippen LogP contribution is -2.38. The van der Waals surface area contributed by atoms with Crippen LogP contribution < -0.4 is 10.2 Å². The summed E-state index contributed by atoms with van der Waals surface area (Å²) in [6.45, 7) is -0.246. The predicted molar refractivity (Wildman–Crippen MR) is 111 cm³/mol. The molecule has 3 aromatic carbocycles. The van der Waals surface area contributed by atoms with Crippen molar-refractivity contribution in [2.45, 2.75) is 12.3 Å². The molecule has 3 aromatic rings. The average Bonchev–Trinajstić information content (AvgIpc) is 2.78. The minimum absolute atomic E-state index is 0.214. The maximum absolute atomic E-state index is 13.3. The fraction of sp³-hybridized carbons (Fsp3) is 0.130. The van der Waals surface area contributed by atoms with Gasteiger partial charge in [-0.3, -0.25) is 4.79 Å². The van der Waals surface area contributed by atoms with Crippen molar-refractivity contribution in [2.24, 2.45) is 0 Å². The molecule has 0 unspecified atom stereocenters. The van der Waals surface area contributed by atoms with Crippen molar-refractivity contribution >= 4 is 23.0 Å². The largest absolute Gasteiger partial charge is 0.417 e. The van der Waals surface area contributed by atoms with Crippen LogP contribution in [-0.4, -0.2) is 23.7 Å². The van der Waals surface area contributed by atoms with Gasteiger partial charge in [0, 0.05) is 17.1 Å². The van der Waals surface area contributed by atoms with E-state index in [1.807, 2.05) is 0 Å². The van der Waals surface area contributed by atoms with Crippen LogP contribution in [0.2, 0.25) is 0 Å². The van der Waals surface area contributed by atoms with Gasteiger partial charge in [0.15, 0.2) is 6.10 Å². The summed E-state index contributed by atoms with van der Waals surface area (Å²) in [6, 6.07) is 18.3. The molecule has 0 aliphatic carbocycles. The van der Waals surface area contributed by atoms with Crippen LogP contribution in [0.15, 0.2) is 72.8 Å². The van der Waals surface area contributed by atoms with E-state index in [0.717, 1.165) is 12.1 Å². The topological polar surface area (TPSA) is 76.4 Å². The van der Waals surface area contributed by atoms with Gasteiger partial charge in [-0.15, -0.1) is 0 Å². The Morgan fingerprint density at radius 1 is 1.03 bits per heavy atom. The maximum Gasteiger partial charge on any atom is 0.417 e. The van der Waals surface area contributed by atoms with Gasteiger partial charge in [-0.05, 0) is 54.6 Å². The van der Waals surface area contributed by atoms with E-state index in [1.54, 1.807) is 35.2 Å². The molecule has 0 aromatic heterocycles. The van der Waals surface area contributed by atoms with E-state index in [4.69, 9.17) is 5.26 Å². The number of para-hydroxylation sites is 1. The second kappa shape index (κ2) is 9.49. The second-order valence-electron chi connectivity index (χ2n) is 6.80. The number of aliphatic hydroxyl groups is 1. The Kier molecular flexibility index (Phi) is 6.76. The quantitative estimate of drug-likeness (QED) is 0.534. The van der Waals surface area contributed by atoms with Gasteiger partial charge < -0.3 is 15.3 Å². The number of amides is 1. The number of alkyl halides is 3. The highest BCUT2D eigenvalue weighted by molar-refractivity contribution is 5.94. The van der Waals surface area contributed by atoms with Crippen LogP contribution in [0, 0.1) is 17.1 Å². The van der Waals surface area contributed by atoms with Crippen LogP contribution in [-0.2, 0) is 11.0 Å². The van der Waals surface area contributed by atoms with E-state index < -0.39 is 35.1 Å². The van der Waals surface area contributed by atoms with Gasteiger partial charge in [-0.1, -0.05) is 18.2 Å². The highest BCUT2D eigenvalue weighted by Gasteiger charge is 2.34. The van der Waals surface area contributed by atoms with Crippen LogP contribution in [0.1, 0.15) is 11.1 Å². The lowest BCUT2D eigenvalue weighted by atomic mass is 10.1. The third-order valence-electron chi connectivity index (χ3n) is 4.58. The van der Waals surface area contributed by atoms with E-state index in [-0.39, 0.29) is 12.2 Å². The zero-order valence-electron chi connectivity index (χ0n) is 16.5. The first-order valence-electron chi connectivity index (χ1n) is 9.37. The molecule has 0 aliphatic heterocycles. The summed E-state index contributed by atoms with van der Waals surface area (Å²) < 4.78 is 52.7. The molecule has 1 atom stereocenters. The number of nitrogens with zero attached hydrogens (tertiary/aromatic N) is 2. The number of nitriles is 1. The van der Waals surface area contributed by atoms with E-state index in [9.17, 15) is 27.5 Å². The number of halogens is 4. The van der Waals surface area contributed by atoms with Gasteiger partial charge in [0.25, 0.3) is 5.91 Å². The summed E-state index contributed by atoms with van der Waals surface area (Å²) in [7, 11) is 0. The first-order valence-corrected chi connectivity index (χ1v) is 9.37. The molecule has 0 aliphatic rings. The monoisotopic (exact) mass is 443 g/mol. The number of rotatable bonds is 6. The van der Waals surface area contributed by atoms with Crippen molar-refractivity contribution in [3.05, 3.63) is 89.7 Å². The number of hydrogen-bond donors (Lipinski definition) is 2. The summed E-state index contributed by atoms with van der Waals surface area (Å²) in [5.74, 6) is -1.40. The first kappa shape index (κ1) is 22.8. The molecular weight excluding hydrogens is 426 g/mol. The second-order valence-corrected chi connectivity index (χ2v) is 6.80. The van der Waals surface area contributed by atoms with Crippen LogP contribution >= 0.6 is 0 Å². The Morgan fingerprint density at radius 2 is 1.66 bits per heavy atom. The molecule has 1 amide bonds. The van der Waals surface area contributed by atoms with Gasteiger partial charge in [0.05, 0.1) is 23.7 Å². The highest BCUT2D eigenvalue weighted by atomic mass is 19.4. The predicted octanol–water partition coefficient (Wildman–Crippen LogP) is 4.85. The number of anilines is 3. The normalized spacial score (nSPS) is 12.0. The molecule has 164 valence electrons. The fourth-order valence-corrected chi connectivity index (χ4v) is 3.02. The standard InChI is InChI=1S/C23H17F4N3O2/c24-16-7-10-19(11-8-16)30(18-4-2-1-3-5-18)14-21(31)22(32)29-17-9-6-15(13-28)20(12-17)23(25,26)27/h1-12,21,31H,14H2,(H,29,32)/t21-/m0/s1. The molecule has 0 fully saturated rings. The number of hydrogen-bond acceptors (Lipinski definition) is 4. The number of nitrogens with one attached hydrogen (secondary N) is 1. The molecule has 0 heterocycles. The first-order chi connectivity index (χ1) is 15.2. The summed E-state index contributed by atoms with van der Waals surface area (Å²) >= 11 is 0. The number of carbonyl (C=O) groups excluding carboxylic acids is 1. The van der Waals surface area contributed by atoms with Crippen molar-refractivity contribution in [1.82, 2.24) is 0 Å².